The SMILES string of the molecule is COCc1cnc(N2CCCCC2)nc1N([O-])c1cc(C2CC2)[nH]n1. The molecule has 0 bridgehead atoms. The zero-order chi connectivity index (χ0) is 17.2. The van der Waals surface area contributed by atoms with Gasteiger partial charge < -0.3 is 19.9 Å². The minimum atomic E-state index is 0.286. The Bertz CT molecular complexity index is 724. The van der Waals surface area contributed by atoms with Crippen LogP contribution in [0.4, 0.5) is 17.6 Å². The Morgan fingerprint density at radius 1 is 1.32 bits per heavy atom. The molecule has 25 heavy (non-hydrogen) atoms. The van der Waals surface area contributed by atoms with Crippen LogP contribution in [0.2, 0.25) is 0 Å². The van der Waals surface area contributed by atoms with Crippen molar-refractivity contribution in [3.63, 3.8) is 0 Å². The van der Waals surface area contributed by atoms with Gasteiger partial charge in [-0.05, 0) is 32.1 Å². The van der Waals surface area contributed by atoms with Crippen molar-refractivity contribution >= 4 is 17.6 Å². The maximum Gasteiger partial charge on any atom is 0.227 e. The Labute approximate surface area is 146 Å². The summed E-state index contributed by atoms with van der Waals surface area (Å²) >= 11 is 0. The van der Waals surface area contributed by atoms with Crippen LogP contribution in [-0.2, 0) is 11.3 Å². The van der Waals surface area contributed by atoms with E-state index in [2.05, 4.69) is 25.1 Å². The van der Waals surface area contributed by atoms with Crippen molar-refractivity contribution in [3.8, 4) is 0 Å². The third-order valence-electron chi connectivity index (χ3n) is 4.77. The Balaban J connectivity index is 1.63. The molecule has 4 rings (SSSR count). The minimum absolute atomic E-state index is 0.286. The third-order valence-corrected chi connectivity index (χ3v) is 4.77. The van der Waals surface area contributed by atoms with Crippen LogP contribution in [0, 0.1) is 5.21 Å². The van der Waals surface area contributed by atoms with E-state index in [4.69, 9.17) is 4.74 Å². The van der Waals surface area contributed by atoms with E-state index < -0.39 is 0 Å². The number of aromatic amines is 1. The highest BCUT2D eigenvalue weighted by Crippen LogP contribution is 2.40. The zero-order valence-corrected chi connectivity index (χ0v) is 14.4. The number of H-pyrrole nitrogens is 1. The summed E-state index contributed by atoms with van der Waals surface area (Å²) in [7, 11) is 1.59. The first kappa shape index (κ1) is 16.3. The van der Waals surface area contributed by atoms with Crippen LogP contribution >= 0.6 is 0 Å². The number of methoxy groups -OCH3 is 1. The fourth-order valence-corrected chi connectivity index (χ4v) is 3.21. The van der Waals surface area contributed by atoms with E-state index >= 15 is 0 Å². The van der Waals surface area contributed by atoms with Crippen LogP contribution in [0.3, 0.4) is 0 Å². The first-order valence-electron chi connectivity index (χ1n) is 8.88. The van der Waals surface area contributed by atoms with Crippen molar-refractivity contribution in [3.05, 3.63) is 28.7 Å². The topological polar surface area (TPSA) is 93.2 Å². The standard InChI is InChI=1S/C17H23N6O2/c1-25-11-13-10-18-17(22-7-3-2-4-8-22)19-16(13)23(24)15-9-14(20-21-15)12-5-6-12/h9-10,12H,2-8,11H2,1H3,(H,20,21)/q-1. The van der Waals surface area contributed by atoms with Crippen molar-refractivity contribution < 1.29 is 4.74 Å². The minimum Gasteiger partial charge on any atom is -0.752 e. The van der Waals surface area contributed by atoms with Gasteiger partial charge in [0.05, 0.1) is 6.61 Å². The average Bonchev–Trinajstić information content (AvgIpc) is 3.39. The Hall–Kier alpha value is -2.19. The van der Waals surface area contributed by atoms with E-state index in [0.29, 0.717) is 29.1 Å². The molecule has 3 heterocycles. The van der Waals surface area contributed by atoms with Crippen molar-refractivity contribution in [1.82, 2.24) is 20.2 Å². The summed E-state index contributed by atoms with van der Waals surface area (Å²) in [5.41, 5.74) is 1.68. The highest BCUT2D eigenvalue weighted by atomic mass is 16.5. The first-order valence-corrected chi connectivity index (χ1v) is 8.88. The lowest BCUT2D eigenvalue weighted by Crippen LogP contribution is -2.31. The van der Waals surface area contributed by atoms with E-state index in [9.17, 15) is 5.21 Å². The fraction of sp³-hybridized carbons (Fsp3) is 0.588. The summed E-state index contributed by atoms with van der Waals surface area (Å²) in [5, 5.41) is 20.8. The summed E-state index contributed by atoms with van der Waals surface area (Å²) in [5.74, 6) is 1.77. The molecule has 0 aromatic carbocycles. The van der Waals surface area contributed by atoms with Crippen molar-refractivity contribution in [2.24, 2.45) is 0 Å². The van der Waals surface area contributed by atoms with Crippen LogP contribution in [0.5, 0.6) is 0 Å². The van der Waals surface area contributed by atoms with Crippen LogP contribution in [-0.4, -0.2) is 40.4 Å². The second kappa shape index (κ2) is 6.97. The van der Waals surface area contributed by atoms with Gasteiger partial charge in [0.15, 0.2) is 0 Å². The van der Waals surface area contributed by atoms with E-state index in [0.717, 1.165) is 49.5 Å². The monoisotopic (exact) mass is 343 g/mol. The number of rotatable bonds is 6. The Morgan fingerprint density at radius 3 is 2.84 bits per heavy atom. The summed E-state index contributed by atoms with van der Waals surface area (Å²) in [6.45, 7) is 2.14. The van der Waals surface area contributed by atoms with Gasteiger partial charge in [-0.1, -0.05) is 0 Å². The normalized spacial score (nSPS) is 17.8. The van der Waals surface area contributed by atoms with Crippen LogP contribution < -0.4 is 9.96 Å². The van der Waals surface area contributed by atoms with Gasteiger partial charge in [-0.3, -0.25) is 5.10 Å². The third kappa shape index (κ3) is 3.45. The number of hydrogen-bond acceptors (Lipinski definition) is 7. The van der Waals surface area contributed by atoms with Crippen LogP contribution in [0.25, 0.3) is 0 Å². The van der Waals surface area contributed by atoms with Gasteiger partial charge >= 0.3 is 0 Å². The highest BCUT2D eigenvalue weighted by Gasteiger charge is 2.26. The molecule has 1 N–H and O–H groups in total. The molecule has 2 aromatic heterocycles. The summed E-state index contributed by atoms with van der Waals surface area (Å²) in [6, 6.07) is 1.82. The second-order valence-corrected chi connectivity index (χ2v) is 6.75. The fourth-order valence-electron chi connectivity index (χ4n) is 3.21. The van der Waals surface area contributed by atoms with Crippen molar-refractivity contribution in [1.29, 1.82) is 0 Å². The maximum atomic E-state index is 12.9. The van der Waals surface area contributed by atoms with Gasteiger partial charge in [0, 0.05) is 49.6 Å². The van der Waals surface area contributed by atoms with Crippen LogP contribution in [0.1, 0.15) is 49.3 Å². The average molecular weight is 343 g/mol. The smallest absolute Gasteiger partial charge is 0.227 e. The highest BCUT2D eigenvalue weighted by molar-refractivity contribution is 5.62. The quantitative estimate of drug-likeness (QED) is 0.806. The summed E-state index contributed by atoms with van der Waals surface area (Å²) < 4.78 is 5.21. The number of nitrogens with zero attached hydrogens (tertiary/aromatic N) is 5. The molecule has 1 aliphatic heterocycles. The molecule has 0 amide bonds. The molecule has 0 atom stereocenters. The van der Waals surface area contributed by atoms with Crippen molar-refractivity contribution in [2.45, 2.75) is 44.6 Å². The molecule has 134 valence electrons. The van der Waals surface area contributed by atoms with Gasteiger partial charge in [0.25, 0.3) is 0 Å². The van der Waals surface area contributed by atoms with E-state index in [-0.39, 0.29) is 6.61 Å². The molecule has 0 spiro atoms. The predicted molar refractivity (Wildman–Crippen MR) is 94.9 cm³/mol. The lowest BCUT2D eigenvalue weighted by Gasteiger charge is -2.31. The van der Waals surface area contributed by atoms with E-state index in [1.54, 1.807) is 13.3 Å². The van der Waals surface area contributed by atoms with Crippen molar-refractivity contribution in [2.75, 3.05) is 30.2 Å². The number of ether oxygens (including phenoxy) is 1. The number of nitrogens with one attached hydrogen (secondary N) is 1. The number of hydrogen-bond donors (Lipinski definition) is 1. The van der Waals surface area contributed by atoms with E-state index in [1.165, 1.54) is 6.42 Å². The molecule has 0 radical (unpaired) electrons. The molecule has 2 fully saturated rings. The predicted octanol–water partition coefficient (Wildman–Crippen LogP) is 2.85. The van der Waals surface area contributed by atoms with Gasteiger partial charge in [-0.25, -0.2) is 4.98 Å². The molecular weight excluding hydrogens is 320 g/mol. The first-order chi connectivity index (χ1) is 12.3. The Morgan fingerprint density at radius 2 is 2.12 bits per heavy atom. The molecule has 0 unspecified atom stereocenters. The lowest BCUT2D eigenvalue weighted by molar-refractivity contribution is 0.184. The summed E-state index contributed by atoms with van der Waals surface area (Å²) in [6.07, 6.45) is 7.49. The van der Waals surface area contributed by atoms with E-state index in [1.807, 2.05) is 6.07 Å². The molecule has 1 saturated carbocycles. The van der Waals surface area contributed by atoms with Gasteiger partial charge in [-0.2, -0.15) is 10.1 Å². The lowest BCUT2D eigenvalue weighted by atomic mass is 10.1. The zero-order valence-electron chi connectivity index (χ0n) is 14.4. The summed E-state index contributed by atoms with van der Waals surface area (Å²) in [4.78, 5) is 11.1. The number of piperidine rings is 1. The molecular formula is C17H23N6O2-. The molecule has 1 aliphatic carbocycles. The number of aromatic nitrogens is 4. The largest absolute Gasteiger partial charge is 0.752 e. The van der Waals surface area contributed by atoms with Gasteiger partial charge in [-0.15, -0.1) is 0 Å². The maximum absolute atomic E-state index is 12.9. The Kier molecular flexibility index (Phi) is 4.54. The second-order valence-electron chi connectivity index (χ2n) is 6.75. The number of anilines is 3. The molecule has 8 heteroatoms. The van der Waals surface area contributed by atoms with Gasteiger partial charge in [0.1, 0.15) is 11.6 Å². The molecule has 1 saturated heterocycles. The van der Waals surface area contributed by atoms with Crippen LogP contribution in [0.15, 0.2) is 12.3 Å². The van der Waals surface area contributed by atoms with Gasteiger partial charge in [0.2, 0.25) is 5.95 Å². The molecule has 2 aromatic rings. The molecule has 8 nitrogen and oxygen atoms in total. The molecule has 2 aliphatic rings.